The SMILES string of the molecule is COCC(NN)c1cnc2ccccc2c1. The molecule has 2 aromatic rings. The average Bonchev–Trinajstić information content (AvgIpc) is 2.35. The summed E-state index contributed by atoms with van der Waals surface area (Å²) in [6.07, 6.45) is 1.83. The molecule has 0 saturated heterocycles. The molecule has 84 valence electrons. The number of hydrazine groups is 1. The van der Waals surface area contributed by atoms with Crippen molar-refractivity contribution in [1.82, 2.24) is 10.4 Å². The molecule has 1 aromatic carbocycles. The lowest BCUT2D eigenvalue weighted by atomic mass is 10.1. The number of pyridine rings is 1. The summed E-state index contributed by atoms with van der Waals surface area (Å²) < 4.78 is 5.09. The highest BCUT2D eigenvalue weighted by Gasteiger charge is 2.09. The number of aromatic nitrogens is 1. The number of para-hydroxylation sites is 1. The van der Waals surface area contributed by atoms with Gasteiger partial charge in [-0.2, -0.15) is 0 Å². The molecule has 0 aliphatic rings. The maximum Gasteiger partial charge on any atom is 0.0708 e. The second kappa shape index (κ2) is 5.03. The van der Waals surface area contributed by atoms with Gasteiger partial charge in [-0.05, 0) is 17.7 Å². The first-order valence-electron chi connectivity index (χ1n) is 5.15. The third-order valence-electron chi connectivity index (χ3n) is 2.55. The van der Waals surface area contributed by atoms with Gasteiger partial charge in [-0.1, -0.05) is 18.2 Å². The Bertz CT molecular complexity index is 473. The van der Waals surface area contributed by atoms with Crippen molar-refractivity contribution in [3.63, 3.8) is 0 Å². The summed E-state index contributed by atoms with van der Waals surface area (Å²) in [5.74, 6) is 5.48. The molecule has 3 N–H and O–H groups in total. The quantitative estimate of drug-likeness (QED) is 0.600. The van der Waals surface area contributed by atoms with E-state index in [1.54, 1.807) is 7.11 Å². The number of benzene rings is 1. The molecule has 0 spiro atoms. The molecular weight excluding hydrogens is 202 g/mol. The fourth-order valence-electron chi connectivity index (χ4n) is 1.69. The van der Waals surface area contributed by atoms with Crippen LogP contribution >= 0.6 is 0 Å². The normalized spacial score (nSPS) is 12.9. The van der Waals surface area contributed by atoms with E-state index >= 15 is 0 Å². The van der Waals surface area contributed by atoms with Crippen LogP contribution in [0, 0.1) is 0 Å². The first-order chi connectivity index (χ1) is 7.85. The molecule has 1 heterocycles. The monoisotopic (exact) mass is 217 g/mol. The van der Waals surface area contributed by atoms with Gasteiger partial charge in [0.2, 0.25) is 0 Å². The van der Waals surface area contributed by atoms with Gasteiger partial charge in [0.1, 0.15) is 0 Å². The summed E-state index contributed by atoms with van der Waals surface area (Å²) >= 11 is 0. The minimum Gasteiger partial charge on any atom is -0.383 e. The topological polar surface area (TPSA) is 60.2 Å². The lowest BCUT2D eigenvalue weighted by molar-refractivity contribution is 0.167. The van der Waals surface area contributed by atoms with E-state index in [4.69, 9.17) is 10.6 Å². The van der Waals surface area contributed by atoms with Crippen LogP contribution in [-0.4, -0.2) is 18.7 Å². The number of hydrogen-bond acceptors (Lipinski definition) is 4. The van der Waals surface area contributed by atoms with E-state index in [1.807, 2.05) is 30.5 Å². The highest BCUT2D eigenvalue weighted by atomic mass is 16.5. The van der Waals surface area contributed by atoms with E-state index in [-0.39, 0.29) is 6.04 Å². The van der Waals surface area contributed by atoms with E-state index in [0.29, 0.717) is 6.61 Å². The van der Waals surface area contributed by atoms with Crippen LogP contribution in [0.4, 0.5) is 0 Å². The third kappa shape index (κ3) is 2.19. The number of nitrogens with two attached hydrogens (primary N) is 1. The molecule has 4 heteroatoms. The molecule has 2 rings (SSSR count). The number of hydrogen-bond donors (Lipinski definition) is 2. The molecule has 0 fully saturated rings. The molecule has 0 saturated carbocycles. The molecule has 0 radical (unpaired) electrons. The van der Waals surface area contributed by atoms with Gasteiger partial charge >= 0.3 is 0 Å². The molecule has 0 bridgehead atoms. The smallest absolute Gasteiger partial charge is 0.0708 e. The summed E-state index contributed by atoms with van der Waals surface area (Å²) in [5.41, 5.74) is 4.74. The molecule has 1 atom stereocenters. The van der Waals surface area contributed by atoms with Crippen molar-refractivity contribution in [2.45, 2.75) is 6.04 Å². The van der Waals surface area contributed by atoms with Crippen molar-refractivity contribution >= 4 is 10.9 Å². The van der Waals surface area contributed by atoms with Crippen LogP contribution in [0.5, 0.6) is 0 Å². The Balaban J connectivity index is 2.37. The zero-order valence-corrected chi connectivity index (χ0v) is 9.18. The van der Waals surface area contributed by atoms with Gasteiger partial charge in [-0.25, -0.2) is 0 Å². The molecule has 16 heavy (non-hydrogen) atoms. The second-order valence-corrected chi connectivity index (χ2v) is 3.64. The minimum atomic E-state index is -0.0258. The summed E-state index contributed by atoms with van der Waals surface area (Å²) in [6, 6.07) is 10.0. The van der Waals surface area contributed by atoms with Crippen LogP contribution in [0.3, 0.4) is 0 Å². The van der Waals surface area contributed by atoms with Crippen LogP contribution in [0.25, 0.3) is 10.9 Å². The fourth-order valence-corrected chi connectivity index (χ4v) is 1.69. The van der Waals surface area contributed by atoms with Crippen molar-refractivity contribution in [3.05, 3.63) is 42.1 Å². The van der Waals surface area contributed by atoms with E-state index in [1.165, 1.54) is 0 Å². The molecule has 0 aliphatic carbocycles. The summed E-state index contributed by atoms with van der Waals surface area (Å²) in [7, 11) is 1.65. The average molecular weight is 217 g/mol. The van der Waals surface area contributed by atoms with Gasteiger partial charge in [0.25, 0.3) is 0 Å². The first kappa shape index (κ1) is 11.0. The van der Waals surface area contributed by atoms with Gasteiger partial charge in [-0.3, -0.25) is 16.3 Å². The van der Waals surface area contributed by atoms with Crippen LogP contribution < -0.4 is 11.3 Å². The van der Waals surface area contributed by atoms with Crippen molar-refractivity contribution in [3.8, 4) is 0 Å². The number of rotatable bonds is 4. The lowest BCUT2D eigenvalue weighted by Gasteiger charge is -2.15. The van der Waals surface area contributed by atoms with Crippen LogP contribution in [0.15, 0.2) is 36.5 Å². The van der Waals surface area contributed by atoms with Gasteiger partial charge in [0, 0.05) is 18.7 Å². The fraction of sp³-hybridized carbons (Fsp3) is 0.250. The molecule has 1 unspecified atom stereocenters. The van der Waals surface area contributed by atoms with Gasteiger partial charge < -0.3 is 4.74 Å². The third-order valence-corrected chi connectivity index (χ3v) is 2.55. The van der Waals surface area contributed by atoms with E-state index in [9.17, 15) is 0 Å². The zero-order chi connectivity index (χ0) is 11.4. The summed E-state index contributed by atoms with van der Waals surface area (Å²) in [6.45, 7) is 0.524. The Labute approximate surface area is 94.4 Å². The first-order valence-corrected chi connectivity index (χ1v) is 5.15. The summed E-state index contributed by atoms with van der Waals surface area (Å²) in [5, 5.41) is 1.11. The number of nitrogens with one attached hydrogen (secondary N) is 1. The largest absolute Gasteiger partial charge is 0.383 e. The Morgan fingerprint density at radius 3 is 3.00 bits per heavy atom. The van der Waals surface area contributed by atoms with E-state index in [2.05, 4.69) is 16.5 Å². The van der Waals surface area contributed by atoms with Crippen molar-refractivity contribution in [1.29, 1.82) is 0 Å². The number of ether oxygens (including phenoxy) is 1. The van der Waals surface area contributed by atoms with Gasteiger partial charge in [0.15, 0.2) is 0 Å². The maximum absolute atomic E-state index is 5.48. The van der Waals surface area contributed by atoms with Crippen LogP contribution in [-0.2, 0) is 4.74 Å². The van der Waals surface area contributed by atoms with Gasteiger partial charge in [0.05, 0.1) is 18.2 Å². The predicted molar refractivity (Wildman–Crippen MR) is 63.7 cm³/mol. The van der Waals surface area contributed by atoms with Gasteiger partial charge in [-0.15, -0.1) is 0 Å². The number of fused-ring (bicyclic) bond motifs is 1. The van der Waals surface area contributed by atoms with Crippen molar-refractivity contribution in [2.75, 3.05) is 13.7 Å². The van der Waals surface area contributed by atoms with E-state index in [0.717, 1.165) is 16.5 Å². The predicted octanol–water partition coefficient (Wildman–Crippen LogP) is 1.39. The van der Waals surface area contributed by atoms with Crippen molar-refractivity contribution in [2.24, 2.45) is 5.84 Å². The molecule has 4 nitrogen and oxygen atoms in total. The molecule has 1 aromatic heterocycles. The standard InChI is InChI=1S/C12H15N3O/c1-16-8-12(15-13)10-6-9-4-2-3-5-11(9)14-7-10/h2-7,12,15H,8,13H2,1H3. The molecule has 0 amide bonds. The highest BCUT2D eigenvalue weighted by molar-refractivity contribution is 5.78. The van der Waals surface area contributed by atoms with Crippen LogP contribution in [0.2, 0.25) is 0 Å². The maximum atomic E-state index is 5.48. The zero-order valence-electron chi connectivity index (χ0n) is 9.18. The Hall–Kier alpha value is -1.49. The second-order valence-electron chi connectivity index (χ2n) is 3.64. The Kier molecular flexibility index (Phi) is 3.46. The Morgan fingerprint density at radius 1 is 1.44 bits per heavy atom. The highest BCUT2D eigenvalue weighted by Crippen LogP contribution is 2.17. The summed E-state index contributed by atoms with van der Waals surface area (Å²) in [4.78, 5) is 4.38. The Morgan fingerprint density at radius 2 is 2.25 bits per heavy atom. The number of methoxy groups -OCH3 is 1. The van der Waals surface area contributed by atoms with Crippen molar-refractivity contribution < 1.29 is 4.74 Å². The molecular formula is C12H15N3O. The molecule has 0 aliphatic heterocycles. The minimum absolute atomic E-state index is 0.0258. The van der Waals surface area contributed by atoms with Crippen LogP contribution in [0.1, 0.15) is 11.6 Å². The van der Waals surface area contributed by atoms with E-state index < -0.39 is 0 Å². The number of nitrogens with zero attached hydrogens (tertiary/aromatic N) is 1. The lowest BCUT2D eigenvalue weighted by Crippen LogP contribution is -2.31.